The van der Waals surface area contributed by atoms with E-state index in [9.17, 15) is 0 Å². The minimum atomic E-state index is 0.735. The molecule has 0 amide bonds. The Hall–Kier alpha value is -0.120. The number of hydrogen-bond donors (Lipinski definition) is 1. The van der Waals surface area contributed by atoms with Gasteiger partial charge in [0.25, 0.3) is 0 Å². The molecule has 0 aromatic rings. The van der Waals surface area contributed by atoms with Crippen LogP contribution in [0.25, 0.3) is 0 Å². The molecule has 1 unspecified atom stereocenters. The Morgan fingerprint density at radius 2 is 1.94 bits per heavy atom. The zero-order valence-electron chi connectivity index (χ0n) is 11.3. The third kappa shape index (κ3) is 10.4. The van der Waals surface area contributed by atoms with E-state index in [0.29, 0.717) is 0 Å². The van der Waals surface area contributed by atoms with E-state index in [1.165, 1.54) is 25.7 Å². The van der Waals surface area contributed by atoms with E-state index >= 15 is 0 Å². The van der Waals surface area contributed by atoms with Crippen LogP contribution in [-0.4, -0.2) is 40.0 Å². The zero-order chi connectivity index (χ0) is 12.1. The summed E-state index contributed by atoms with van der Waals surface area (Å²) in [5, 5.41) is 3.41. The van der Waals surface area contributed by atoms with Gasteiger partial charge in [-0.05, 0) is 25.3 Å². The molecule has 0 aliphatic carbocycles. The van der Waals surface area contributed by atoms with Gasteiger partial charge in [-0.15, -0.1) is 0 Å². The number of methoxy groups -OCH3 is 1. The van der Waals surface area contributed by atoms with E-state index in [4.69, 9.17) is 9.47 Å². The van der Waals surface area contributed by atoms with Crippen molar-refractivity contribution in [2.75, 3.05) is 40.0 Å². The SMILES string of the molecule is CCCCOCCC(CC)CNCCOC. The Labute approximate surface area is 101 Å². The lowest BCUT2D eigenvalue weighted by Gasteiger charge is -2.15. The molecule has 0 bridgehead atoms. The maximum absolute atomic E-state index is 5.58. The first-order valence-corrected chi connectivity index (χ1v) is 6.62. The fourth-order valence-corrected chi connectivity index (χ4v) is 1.53. The summed E-state index contributed by atoms with van der Waals surface area (Å²) in [6, 6.07) is 0. The van der Waals surface area contributed by atoms with Gasteiger partial charge in [-0.2, -0.15) is 0 Å². The standard InChI is InChI=1S/C13H29NO2/c1-4-6-9-16-10-7-13(5-2)12-14-8-11-15-3/h13-14H,4-12H2,1-3H3. The number of unbranched alkanes of at least 4 members (excludes halogenated alkanes) is 1. The second kappa shape index (κ2) is 12.9. The smallest absolute Gasteiger partial charge is 0.0587 e. The van der Waals surface area contributed by atoms with E-state index in [0.717, 1.165) is 38.8 Å². The molecule has 0 saturated heterocycles. The van der Waals surface area contributed by atoms with Crippen molar-refractivity contribution in [3.8, 4) is 0 Å². The van der Waals surface area contributed by atoms with Crippen LogP contribution in [0.1, 0.15) is 39.5 Å². The molecular weight excluding hydrogens is 202 g/mol. The van der Waals surface area contributed by atoms with Crippen LogP contribution in [0.4, 0.5) is 0 Å². The molecule has 1 N–H and O–H groups in total. The Morgan fingerprint density at radius 1 is 1.12 bits per heavy atom. The maximum Gasteiger partial charge on any atom is 0.0587 e. The molecule has 3 nitrogen and oxygen atoms in total. The maximum atomic E-state index is 5.58. The zero-order valence-corrected chi connectivity index (χ0v) is 11.3. The van der Waals surface area contributed by atoms with E-state index in [2.05, 4.69) is 19.2 Å². The van der Waals surface area contributed by atoms with Gasteiger partial charge in [-0.1, -0.05) is 26.7 Å². The average Bonchev–Trinajstić information content (AvgIpc) is 2.31. The number of rotatable bonds is 12. The topological polar surface area (TPSA) is 30.5 Å². The first-order chi connectivity index (χ1) is 7.85. The third-order valence-corrected chi connectivity index (χ3v) is 2.81. The summed E-state index contributed by atoms with van der Waals surface area (Å²) in [5.74, 6) is 0.735. The van der Waals surface area contributed by atoms with Crippen LogP contribution in [0.15, 0.2) is 0 Å². The van der Waals surface area contributed by atoms with Crippen molar-refractivity contribution < 1.29 is 9.47 Å². The highest BCUT2D eigenvalue weighted by Crippen LogP contribution is 2.07. The highest BCUT2D eigenvalue weighted by molar-refractivity contribution is 4.60. The molecule has 0 aromatic carbocycles. The average molecular weight is 231 g/mol. The first kappa shape index (κ1) is 15.9. The summed E-state index contributed by atoms with van der Waals surface area (Å²) in [7, 11) is 1.74. The van der Waals surface area contributed by atoms with Gasteiger partial charge in [-0.25, -0.2) is 0 Å². The molecule has 0 aromatic heterocycles. The molecule has 0 spiro atoms. The van der Waals surface area contributed by atoms with Crippen molar-refractivity contribution in [1.82, 2.24) is 5.32 Å². The van der Waals surface area contributed by atoms with E-state index in [1.807, 2.05) is 0 Å². The molecule has 1 atom stereocenters. The molecule has 98 valence electrons. The van der Waals surface area contributed by atoms with Crippen molar-refractivity contribution in [2.45, 2.75) is 39.5 Å². The molecular formula is C13H29NO2. The lowest BCUT2D eigenvalue weighted by molar-refractivity contribution is 0.116. The summed E-state index contributed by atoms with van der Waals surface area (Å²) >= 11 is 0. The van der Waals surface area contributed by atoms with Crippen LogP contribution in [0.3, 0.4) is 0 Å². The largest absolute Gasteiger partial charge is 0.383 e. The Kier molecular flexibility index (Phi) is 12.9. The van der Waals surface area contributed by atoms with Crippen molar-refractivity contribution in [3.05, 3.63) is 0 Å². The Bertz CT molecular complexity index is 131. The second-order valence-electron chi connectivity index (χ2n) is 4.23. The molecule has 0 rings (SSSR count). The minimum absolute atomic E-state index is 0.735. The van der Waals surface area contributed by atoms with Crippen LogP contribution in [-0.2, 0) is 9.47 Å². The first-order valence-electron chi connectivity index (χ1n) is 6.62. The van der Waals surface area contributed by atoms with E-state index in [-0.39, 0.29) is 0 Å². The van der Waals surface area contributed by atoms with Gasteiger partial charge in [0.15, 0.2) is 0 Å². The Morgan fingerprint density at radius 3 is 2.56 bits per heavy atom. The normalized spacial score (nSPS) is 12.9. The molecule has 0 fully saturated rings. The van der Waals surface area contributed by atoms with E-state index < -0.39 is 0 Å². The second-order valence-corrected chi connectivity index (χ2v) is 4.23. The summed E-state index contributed by atoms with van der Waals surface area (Å²) in [4.78, 5) is 0. The van der Waals surface area contributed by atoms with Crippen LogP contribution >= 0.6 is 0 Å². The van der Waals surface area contributed by atoms with Crippen LogP contribution in [0.2, 0.25) is 0 Å². The predicted octanol–water partition coefficient (Wildman–Crippen LogP) is 2.46. The van der Waals surface area contributed by atoms with E-state index in [1.54, 1.807) is 7.11 Å². The molecule has 3 heteroatoms. The predicted molar refractivity (Wildman–Crippen MR) is 68.9 cm³/mol. The summed E-state index contributed by atoms with van der Waals surface area (Å²) in [6.45, 7) is 9.09. The van der Waals surface area contributed by atoms with Crippen molar-refractivity contribution in [2.24, 2.45) is 5.92 Å². The third-order valence-electron chi connectivity index (χ3n) is 2.81. The van der Waals surface area contributed by atoms with Gasteiger partial charge in [0, 0.05) is 26.9 Å². The van der Waals surface area contributed by atoms with Crippen LogP contribution in [0.5, 0.6) is 0 Å². The minimum Gasteiger partial charge on any atom is -0.383 e. The van der Waals surface area contributed by atoms with Gasteiger partial charge >= 0.3 is 0 Å². The van der Waals surface area contributed by atoms with Gasteiger partial charge in [0.1, 0.15) is 0 Å². The monoisotopic (exact) mass is 231 g/mol. The molecule has 0 heterocycles. The van der Waals surface area contributed by atoms with Gasteiger partial charge in [-0.3, -0.25) is 0 Å². The summed E-state index contributed by atoms with van der Waals surface area (Å²) in [5.41, 5.74) is 0. The highest BCUT2D eigenvalue weighted by Gasteiger charge is 2.05. The Balaban J connectivity index is 3.29. The fourth-order valence-electron chi connectivity index (χ4n) is 1.53. The lowest BCUT2D eigenvalue weighted by Crippen LogP contribution is -2.26. The molecule has 0 aliphatic rings. The van der Waals surface area contributed by atoms with Crippen LogP contribution in [0, 0.1) is 5.92 Å². The van der Waals surface area contributed by atoms with Gasteiger partial charge < -0.3 is 14.8 Å². The number of nitrogens with one attached hydrogen (secondary N) is 1. The summed E-state index contributed by atoms with van der Waals surface area (Å²) in [6.07, 6.45) is 4.79. The molecule has 0 radical (unpaired) electrons. The van der Waals surface area contributed by atoms with Crippen molar-refractivity contribution >= 4 is 0 Å². The quantitative estimate of drug-likeness (QED) is 0.523. The number of hydrogen-bond acceptors (Lipinski definition) is 3. The summed E-state index contributed by atoms with van der Waals surface area (Å²) < 4.78 is 10.6. The van der Waals surface area contributed by atoms with Gasteiger partial charge in [0.2, 0.25) is 0 Å². The highest BCUT2D eigenvalue weighted by atomic mass is 16.5. The molecule has 0 saturated carbocycles. The van der Waals surface area contributed by atoms with Crippen molar-refractivity contribution in [3.63, 3.8) is 0 Å². The van der Waals surface area contributed by atoms with Crippen LogP contribution < -0.4 is 5.32 Å². The van der Waals surface area contributed by atoms with Gasteiger partial charge in [0.05, 0.1) is 6.61 Å². The molecule has 0 aliphatic heterocycles. The molecule has 16 heavy (non-hydrogen) atoms. The lowest BCUT2D eigenvalue weighted by atomic mass is 10.0. The fraction of sp³-hybridized carbons (Fsp3) is 1.00. The van der Waals surface area contributed by atoms with Crippen molar-refractivity contribution in [1.29, 1.82) is 0 Å². The number of ether oxygens (including phenoxy) is 2.